The monoisotopic (exact) mass is 373 g/mol. The largest absolute Gasteiger partial charge is 0.495 e. The molecule has 1 aromatic heterocycles. The number of sulfonamides is 1. The number of hydrogen-bond donors (Lipinski definition) is 2. The minimum atomic E-state index is -3.60. The third-order valence-corrected chi connectivity index (χ3v) is 4.83. The molecule has 21 heavy (non-hydrogen) atoms. The molecule has 2 N–H and O–H groups in total. The van der Waals surface area contributed by atoms with E-state index in [4.69, 9.17) is 4.74 Å². The lowest BCUT2D eigenvalue weighted by molar-refractivity contribution is 0.402. The van der Waals surface area contributed by atoms with Gasteiger partial charge >= 0.3 is 0 Å². The van der Waals surface area contributed by atoms with Crippen LogP contribution < -0.4 is 9.46 Å². The first-order chi connectivity index (χ1) is 10.0. The summed E-state index contributed by atoms with van der Waals surface area (Å²) in [4.78, 5) is 7.19. The fourth-order valence-electron chi connectivity index (χ4n) is 1.84. The molecule has 114 valence electrons. The van der Waals surface area contributed by atoms with Crippen molar-refractivity contribution < 1.29 is 13.2 Å². The summed E-state index contributed by atoms with van der Waals surface area (Å²) in [7, 11) is -2.16. The van der Waals surface area contributed by atoms with Crippen LogP contribution in [-0.4, -0.2) is 32.0 Å². The molecule has 8 heteroatoms. The average molecular weight is 374 g/mol. The highest BCUT2D eigenvalue weighted by molar-refractivity contribution is 9.10. The minimum Gasteiger partial charge on any atom is -0.495 e. The van der Waals surface area contributed by atoms with Gasteiger partial charge in [-0.3, -0.25) is 0 Å². The Kier molecular flexibility index (Phi) is 5.38. The van der Waals surface area contributed by atoms with E-state index in [1.165, 1.54) is 13.2 Å². The fourth-order valence-corrected chi connectivity index (χ4v) is 3.61. The van der Waals surface area contributed by atoms with Crippen LogP contribution in [0.1, 0.15) is 12.2 Å². The van der Waals surface area contributed by atoms with Crippen LogP contribution in [0.5, 0.6) is 5.75 Å². The van der Waals surface area contributed by atoms with E-state index >= 15 is 0 Å². The SMILES string of the molecule is COc1ccc(Br)cc1S(=O)(=O)NCCCc1ncc[nH]1. The topological polar surface area (TPSA) is 84.1 Å². The predicted octanol–water partition coefficient (Wildman–Crippen LogP) is 2.09. The number of H-pyrrole nitrogens is 1. The van der Waals surface area contributed by atoms with Gasteiger partial charge < -0.3 is 9.72 Å². The molecule has 0 spiro atoms. The van der Waals surface area contributed by atoms with E-state index in [2.05, 4.69) is 30.6 Å². The maximum absolute atomic E-state index is 12.3. The average Bonchev–Trinajstić information content (AvgIpc) is 2.97. The Labute approximate surface area is 132 Å². The van der Waals surface area contributed by atoms with Crippen molar-refractivity contribution in [2.45, 2.75) is 17.7 Å². The lowest BCUT2D eigenvalue weighted by Crippen LogP contribution is -2.25. The zero-order chi connectivity index (χ0) is 15.3. The summed E-state index contributed by atoms with van der Waals surface area (Å²) in [6.07, 6.45) is 4.76. The molecule has 2 rings (SSSR count). The molecule has 0 aliphatic heterocycles. The number of rotatable bonds is 7. The Morgan fingerprint density at radius 3 is 2.90 bits per heavy atom. The second-order valence-corrected chi connectivity index (χ2v) is 6.98. The van der Waals surface area contributed by atoms with Crippen LogP contribution in [0, 0.1) is 0 Å². The van der Waals surface area contributed by atoms with E-state index in [9.17, 15) is 8.42 Å². The van der Waals surface area contributed by atoms with E-state index in [1.807, 2.05) is 0 Å². The van der Waals surface area contributed by atoms with Crippen LogP contribution in [0.25, 0.3) is 0 Å². The first-order valence-electron chi connectivity index (χ1n) is 6.34. The molecule has 0 atom stereocenters. The van der Waals surface area contributed by atoms with Gasteiger partial charge in [0, 0.05) is 29.8 Å². The maximum Gasteiger partial charge on any atom is 0.244 e. The smallest absolute Gasteiger partial charge is 0.244 e. The highest BCUT2D eigenvalue weighted by Crippen LogP contribution is 2.26. The van der Waals surface area contributed by atoms with E-state index < -0.39 is 10.0 Å². The van der Waals surface area contributed by atoms with Crippen molar-refractivity contribution in [2.75, 3.05) is 13.7 Å². The minimum absolute atomic E-state index is 0.123. The van der Waals surface area contributed by atoms with Crippen LogP contribution in [0.2, 0.25) is 0 Å². The zero-order valence-corrected chi connectivity index (χ0v) is 13.9. The molecule has 0 amide bonds. The van der Waals surface area contributed by atoms with Gasteiger partial charge in [-0.25, -0.2) is 18.1 Å². The van der Waals surface area contributed by atoms with Crippen molar-refractivity contribution in [1.82, 2.24) is 14.7 Å². The first-order valence-corrected chi connectivity index (χ1v) is 8.62. The van der Waals surface area contributed by atoms with Crippen molar-refractivity contribution in [2.24, 2.45) is 0 Å². The molecular formula is C13H16BrN3O3S. The first kappa shape index (κ1) is 16.0. The van der Waals surface area contributed by atoms with E-state index in [1.54, 1.807) is 24.5 Å². The Hall–Kier alpha value is -1.38. The Morgan fingerprint density at radius 2 is 2.24 bits per heavy atom. The van der Waals surface area contributed by atoms with Gasteiger partial charge in [-0.05, 0) is 24.6 Å². The fraction of sp³-hybridized carbons (Fsp3) is 0.308. The highest BCUT2D eigenvalue weighted by atomic mass is 79.9. The lowest BCUT2D eigenvalue weighted by Gasteiger charge is -2.11. The summed E-state index contributed by atoms with van der Waals surface area (Å²) < 4.78 is 32.9. The summed E-state index contributed by atoms with van der Waals surface area (Å²) in [5, 5.41) is 0. The van der Waals surface area contributed by atoms with E-state index in [0.29, 0.717) is 29.6 Å². The molecule has 0 saturated heterocycles. The van der Waals surface area contributed by atoms with Gasteiger partial charge in [0.2, 0.25) is 10.0 Å². The molecule has 0 unspecified atom stereocenters. The number of aryl methyl sites for hydroxylation is 1. The van der Waals surface area contributed by atoms with Gasteiger partial charge in [-0.2, -0.15) is 0 Å². The summed E-state index contributed by atoms with van der Waals surface area (Å²) in [6, 6.07) is 4.87. The second kappa shape index (κ2) is 7.06. The van der Waals surface area contributed by atoms with Crippen LogP contribution >= 0.6 is 15.9 Å². The van der Waals surface area contributed by atoms with Crippen molar-refractivity contribution in [1.29, 1.82) is 0 Å². The van der Waals surface area contributed by atoms with Gasteiger partial charge in [0.25, 0.3) is 0 Å². The number of nitrogens with zero attached hydrogens (tertiary/aromatic N) is 1. The molecule has 0 radical (unpaired) electrons. The number of methoxy groups -OCH3 is 1. The Morgan fingerprint density at radius 1 is 1.43 bits per heavy atom. The number of halogens is 1. The van der Waals surface area contributed by atoms with Crippen LogP contribution in [0.3, 0.4) is 0 Å². The van der Waals surface area contributed by atoms with Crippen LogP contribution in [-0.2, 0) is 16.4 Å². The van der Waals surface area contributed by atoms with Gasteiger partial charge in [-0.15, -0.1) is 0 Å². The molecule has 1 heterocycles. The quantitative estimate of drug-likeness (QED) is 0.727. The molecule has 0 aliphatic rings. The van der Waals surface area contributed by atoms with E-state index in [-0.39, 0.29) is 4.90 Å². The number of aromatic nitrogens is 2. The number of imidazole rings is 1. The normalized spacial score (nSPS) is 11.5. The standard InChI is InChI=1S/C13H16BrN3O3S/c1-20-11-5-4-10(14)9-12(11)21(18,19)17-6-2-3-13-15-7-8-16-13/h4-5,7-9,17H,2-3,6H2,1H3,(H,15,16). The molecular weight excluding hydrogens is 358 g/mol. The molecule has 1 aromatic carbocycles. The summed E-state index contributed by atoms with van der Waals surface area (Å²) in [5.41, 5.74) is 0. The Bertz CT molecular complexity index is 687. The molecule has 0 saturated carbocycles. The lowest BCUT2D eigenvalue weighted by atomic mass is 10.3. The number of hydrogen-bond acceptors (Lipinski definition) is 4. The summed E-state index contributed by atoms with van der Waals surface area (Å²) in [5.74, 6) is 1.16. The number of aromatic amines is 1. The van der Waals surface area contributed by atoms with Crippen molar-refractivity contribution >= 4 is 26.0 Å². The third-order valence-electron chi connectivity index (χ3n) is 2.85. The summed E-state index contributed by atoms with van der Waals surface area (Å²) in [6.45, 7) is 0.332. The van der Waals surface area contributed by atoms with Gasteiger partial charge in [-0.1, -0.05) is 15.9 Å². The maximum atomic E-state index is 12.3. The third kappa shape index (κ3) is 4.29. The second-order valence-electron chi connectivity index (χ2n) is 4.33. The highest BCUT2D eigenvalue weighted by Gasteiger charge is 2.19. The van der Waals surface area contributed by atoms with Gasteiger partial charge in [0.1, 0.15) is 16.5 Å². The number of benzene rings is 1. The zero-order valence-electron chi connectivity index (χ0n) is 11.5. The molecule has 6 nitrogen and oxygen atoms in total. The van der Waals surface area contributed by atoms with Gasteiger partial charge in [0.05, 0.1) is 7.11 Å². The predicted molar refractivity (Wildman–Crippen MR) is 82.8 cm³/mol. The van der Waals surface area contributed by atoms with Crippen LogP contribution in [0.15, 0.2) is 40.0 Å². The summed E-state index contributed by atoms with van der Waals surface area (Å²) >= 11 is 3.27. The van der Waals surface area contributed by atoms with E-state index in [0.717, 1.165) is 5.82 Å². The van der Waals surface area contributed by atoms with Crippen molar-refractivity contribution in [3.8, 4) is 5.75 Å². The number of nitrogens with one attached hydrogen (secondary N) is 2. The van der Waals surface area contributed by atoms with Crippen molar-refractivity contribution in [3.05, 3.63) is 40.9 Å². The number of ether oxygens (including phenoxy) is 1. The molecule has 2 aromatic rings. The Balaban J connectivity index is 1.99. The molecule has 0 bridgehead atoms. The van der Waals surface area contributed by atoms with Crippen molar-refractivity contribution in [3.63, 3.8) is 0 Å². The molecule has 0 aliphatic carbocycles. The molecule has 0 fully saturated rings. The van der Waals surface area contributed by atoms with Gasteiger partial charge in [0.15, 0.2) is 0 Å². The van der Waals surface area contributed by atoms with Crippen LogP contribution in [0.4, 0.5) is 0 Å².